The number of benzene rings is 2. The molecule has 0 N–H and O–H groups in total. The SMILES string of the molecule is C[C@@H]1CSC(N(C(=O)/C=C/c2cccc([N+](=O)[O-])c2)c2ccc(Cl)cc2)=N1. The van der Waals surface area contributed by atoms with E-state index in [9.17, 15) is 14.9 Å². The maximum absolute atomic E-state index is 12.9. The van der Waals surface area contributed by atoms with Crippen LogP contribution in [-0.2, 0) is 4.79 Å². The molecule has 0 saturated heterocycles. The van der Waals surface area contributed by atoms with Crippen molar-refractivity contribution in [3.05, 3.63) is 75.3 Å². The van der Waals surface area contributed by atoms with Crippen molar-refractivity contribution in [1.29, 1.82) is 0 Å². The summed E-state index contributed by atoms with van der Waals surface area (Å²) in [6, 6.07) is 13.2. The van der Waals surface area contributed by atoms with Gasteiger partial charge in [-0.15, -0.1) is 0 Å². The Bertz CT molecular complexity index is 928. The average molecular weight is 402 g/mol. The van der Waals surface area contributed by atoms with Crippen LogP contribution < -0.4 is 4.90 Å². The van der Waals surface area contributed by atoms with Crippen LogP contribution in [0.1, 0.15) is 12.5 Å². The molecule has 0 aliphatic carbocycles. The molecule has 27 heavy (non-hydrogen) atoms. The van der Waals surface area contributed by atoms with E-state index in [0.717, 1.165) is 5.75 Å². The molecule has 1 amide bonds. The lowest BCUT2D eigenvalue weighted by Gasteiger charge is -2.20. The van der Waals surface area contributed by atoms with Gasteiger partial charge in [-0.1, -0.05) is 35.5 Å². The number of thioether (sulfide) groups is 1. The molecular weight excluding hydrogens is 386 g/mol. The van der Waals surface area contributed by atoms with Gasteiger partial charge in [-0.3, -0.25) is 24.8 Å². The number of amidine groups is 1. The molecule has 1 aliphatic rings. The lowest BCUT2D eigenvalue weighted by molar-refractivity contribution is -0.384. The first-order valence-electron chi connectivity index (χ1n) is 8.17. The maximum atomic E-state index is 12.9. The Hall–Kier alpha value is -2.64. The highest BCUT2D eigenvalue weighted by Gasteiger charge is 2.25. The first kappa shape index (κ1) is 19.1. The molecule has 0 unspecified atom stereocenters. The molecule has 3 rings (SSSR count). The van der Waals surface area contributed by atoms with E-state index in [-0.39, 0.29) is 17.6 Å². The van der Waals surface area contributed by atoms with E-state index >= 15 is 0 Å². The van der Waals surface area contributed by atoms with Crippen LogP contribution in [0.15, 0.2) is 59.6 Å². The molecule has 0 bridgehead atoms. The fraction of sp³-hybridized carbons (Fsp3) is 0.158. The molecule has 0 saturated carbocycles. The minimum absolute atomic E-state index is 0.0243. The van der Waals surface area contributed by atoms with Crippen molar-refractivity contribution in [3.8, 4) is 0 Å². The molecule has 138 valence electrons. The van der Waals surface area contributed by atoms with E-state index in [1.54, 1.807) is 42.5 Å². The van der Waals surface area contributed by atoms with Crippen LogP contribution in [0.2, 0.25) is 5.02 Å². The van der Waals surface area contributed by atoms with E-state index in [1.807, 2.05) is 6.92 Å². The van der Waals surface area contributed by atoms with Crippen LogP contribution in [0.25, 0.3) is 6.08 Å². The van der Waals surface area contributed by atoms with Gasteiger partial charge in [-0.25, -0.2) is 0 Å². The molecule has 1 aliphatic heterocycles. The normalized spacial score (nSPS) is 16.4. The Morgan fingerprint density at radius 1 is 1.33 bits per heavy atom. The third-order valence-corrected chi connectivity index (χ3v) is 5.23. The molecule has 2 aromatic rings. The highest BCUT2D eigenvalue weighted by molar-refractivity contribution is 8.14. The maximum Gasteiger partial charge on any atom is 0.270 e. The van der Waals surface area contributed by atoms with Crippen LogP contribution in [0.4, 0.5) is 11.4 Å². The summed E-state index contributed by atoms with van der Waals surface area (Å²) in [4.78, 5) is 29.4. The second-order valence-corrected chi connectivity index (χ2v) is 7.33. The number of hydrogen-bond donors (Lipinski definition) is 0. The number of nitrogens with zero attached hydrogens (tertiary/aromatic N) is 3. The lowest BCUT2D eigenvalue weighted by atomic mass is 10.2. The molecular formula is C19H16ClN3O3S. The zero-order valence-corrected chi connectivity index (χ0v) is 16.0. The van der Waals surface area contributed by atoms with Gasteiger partial charge in [0.2, 0.25) is 0 Å². The van der Waals surface area contributed by atoms with E-state index in [1.165, 1.54) is 34.9 Å². The van der Waals surface area contributed by atoms with Gasteiger partial charge < -0.3 is 0 Å². The number of aliphatic imine (C=N–C) groups is 1. The van der Waals surface area contributed by atoms with Crippen molar-refractivity contribution in [2.24, 2.45) is 4.99 Å². The molecule has 0 aromatic heterocycles. The molecule has 6 nitrogen and oxygen atoms in total. The second kappa shape index (κ2) is 8.37. The van der Waals surface area contributed by atoms with Gasteiger partial charge in [0.25, 0.3) is 11.6 Å². The number of nitro groups is 1. The van der Waals surface area contributed by atoms with Gasteiger partial charge in [-0.05, 0) is 42.8 Å². The summed E-state index contributed by atoms with van der Waals surface area (Å²) in [6.45, 7) is 1.99. The highest BCUT2D eigenvalue weighted by atomic mass is 35.5. The minimum Gasteiger partial charge on any atom is -0.269 e. The molecule has 0 radical (unpaired) electrons. The van der Waals surface area contributed by atoms with Crippen molar-refractivity contribution in [3.63, 3.8) is 0 Å². The van der Waals surface area contributed by atoms with Crippen LogP contribution in [0, 0.1) is 10.1 Å². The monoisotopic (exact) mass is 401 g/mol. The smallest absolute Gasteiger partial charge is 0.269 e. The fourth-order valence-corrected chi connectivity index (χ4v) is 3.66. The first-order chi connectivity index (χ1) is 12.9. The van der Waals surface area contributed by atoms with Crippen LogP contribution in [0.3, 0.4) is 0 Å². The topological polar surface area (TPSA) is 75.8 Å². The van der Waals surface area contributed by atoms with E-state index in [4.69, 9.17) is 11.6 Å². The van der Waals surface area contributed by atoms with Crippen molar-refractivity contribution >= 4 is 51.9 Å². The number of anilines is 1. The second-order valence-electron chi connectivity index (χ2n) is 5.91. The standard InChI is InChI=1S/C19H16ClN3O3S/c1-13-12-27-19(21-13)22(16-8-6-15(20)7-9-16)18(24)10-5-14-3-2-4-17(11-14)23(25)26/h2-11,13H,12H2,1H3/b10-5+/t13-/m1/s1. The predicted molar refractivity (Wildman–Crippen MR) is 110 cm³/mol. The molecule has 0 spiro atoms. The van der Waals surface area contributed by atoms with Gasteiger partial charge >= 0.3 is 0 Å². The largest absolute Gasteiger partial charge is 0.270 e. The van der Waals surface area contributed by atoms with Gasteiger partial charge in [0.15, 0.2) is 5.17 Å². The molecule has 8 heteroatoms. The van der Waals surface area contributed by atoms with E-state index in [2.05, 4.69) is 4.99 Å². The number of hydrogen-bond acceptors (Lipinski definition) is 5. The Morgan fingerprint density at radius 2 is 2.07 bits per heavy atom. The van der Waals surface area contributed by atoms with Crippen molar-refractivity contribution in [2.45, 2.75) is 13.0 Å². The zero-order valence-electron chi connectivity index (χ0n) is 14.4. The minimum atomic E-state index is -0.468. The Labute approximate surface area is 165 Å². The summed E-state index contributed by atoms with van der Waals surface area (Å²) in [7, 11) is 0. The Balaban J connectivity index is 1.89. The van der Waals surface area contributed by atoms with Gasteiger partial charge in [-0.2, -0.15) is 0 Å². The molecule has 1 heterocycles. The van der Waals surface area contributed by atoms with Crippen LogP contribution in [0.5, 0.6) is 0 Å². The van der Waals surface area contributed by atoms with E-state index < -0.39 is 4.92 Å². The number of non-ortho nitro benzene ring substituents is 1. The van der Waals surface area contributed by atoms with Crippen LogP contribution >= 0.6 is 23.4 Å². The summed E-state index contributed by atoms with van der Waals surface area (Å²) in [6.07, 6.45) is 2.95. The molecule has 0 fully saturated rings. The summed E-state index contributed by atoms with van der Waals surface area (Å²) in [5, 5.41) is 12.1. The third-order valence-electron chi connectivity index (χ3n) is 3.78. The Morgan fingerprint density at radius 3 is 2.70 bits per heavy atom. The van der Waals surface area contributed by atoms with Crippen molar-refractivity contribution in [2.75, 3.05) is 10.7 Å². The Kier molecular flexibility index (Phi) is 5.93. The summed E-state index contributed by atoms with van der Waals surface area (Å²) < 4.78 is 0. The number of amides is 1. The zero-order chi connectivity index (χ0) is 19.4. The van der Waals surface area contributed by atoms with Crippen molar-refractivity contribution < 1.29 is 9.72 Å². The highest BCUT2D eigenvalue weighted by Crippen LogP contribution is 2.27. The number of carbonyl (C=O) groups is 1. The molecule has 2 aromatic carbocycles. The van der Waals surface area contributed by atoms with Gasteiger partial charge in [0.05, 0.1) is 16.7 Å². The van der Waals surface area contributed by atoms with E-state index in [0.29, 0.717) is 21.4 Å². The third kappa shape index (κ3) is 4.75. The number of rotatable bonds is 4. The number of halogens is 1. The number of nitro benzene ring substituents is 1. The lowest BCUT2D eigenvalue weighted by Crippen LogP contribution is -2.33. The first-order valence-corrected chi connectivity index (χ1v) is 9.53. The summed E-state index contributed by atoms with van der Waals surface area (Å²) >= 11 is 7.47. The fourth-order valence-electron chi connectivity index (χ4n) is 2.49. The van der Waals surface area contributed by atoms with Crippen molar-refractivity contribution in [1.82, 2.24) is 0 Å². The van der Waals surface area contributed by atoms with Gasteiger partial charge in [0, 0.05) is 29.0 Å². The van der Waals surface area contributed by atoms with Gasteiger partial charge in [0.1, 0.15) is 0 Å². The quantitative estimate of drug-likeness (QED) is 0.419. The average Bonchev–Trinajstić information content (AvgIpc) is 3.08. The number of carbonyl (C=O) groups excluding carboxylic acids is 1. The predicted octanol–water partition coefficient (Wildman–Crippen LogP) is 4.79. The summed E-state index contributed by atoms with van der Waals surface area (Å²) in [5.41, 5.74) is 1.21. The van der Waals surface area contributed by atoms with Crippen LogP contribution in [-0.4, -0.2) is 27.8 Å². The summed E-state index contributed by atoms with van der Waals surface area (Å²) in [5.74, 6) is 0.519. The molecule has 1 atom stereocenters.